The standard InChI is InChI=1S/C12H25N3O/c1-10(2)9-14(4)11(3)12(16)15-7-5-13-6-8-15/h10-11,13H,5-9H2,1-4H3. The highest BCUT2D eigenvalue weighted by Crippen LogP contribution is 2.06. The predicted octanol–water partition coefficient (Wildman–Crippen LogP) is 0.395. The van der Waals surface area contributed by atoms with Gasteiger partial charge in [0, 0.05) is 32.7 Å². The Morgan fingerprint density at radius 3 is 2.38 bits per heavy atom. The van der Waals surface area contributed by atoms with Gasteiger partial charge < -0.3 is 10.2 Å². The minimum atomic E-state index is 0.000463. The summed E-state index contributed by atoms with van der Waals surface area (Å²) in [6.07, 6.45) is 0. The Balaban J connectivity index is 2.45. The van der Waals surface area contributed by atoms with Crippen LogP contribution in [0.15, 0.2) is 0 Å². The van der Waals surface area contributed by atoms with Gasteiger partial charge in [-0.1, -0.05) is 13.8 Å². The molecule has 1 fully saturated rings. The SMILES string of the molecule is CC(C)CN(C)C(C)C(=O)N1CCNCC1. The van der Waals surface area contributed by atoms with Crippen LogP contribution in [-0.4, -0.2) is 61.5 Å². The summed E-state index contributed by atoms with van der Waals surface area (Å²) in [6.45, 7) is 10.9. The largest absolute Gasteiger partial charge is 0.339 e. The average molecular weight is 227 g/mol. The molecule has 94 valence electrons. The molecule has 0 aromatic heterocycles. The molecule has 1 rings (SSSR count). The number of nitrogens with one attached hydrogen (secondary N) is 1. The van der Waals surface area contributed by atoms with Crippen LogP contribution in [0.3, 0.4) is 0 Å². The molecule has 0 radical (unpaired) electrons. The number of piperazine rings is 1. The third-order valence-electron chi connectivity index (χ3n) is 3.10. The van der Waals surface area contributed by atoms with Gasteiger partial charge in [0.1, 0.15) is 0 Å². The monoisotopic (exact) mass is 227 g/mol. The molecule has 4 heteroatoms. The topological polar surface area (TPSA) is 35.6 Å². The molecule has 0 aromatic carbocycles. The molecular weight excluding hydrogens is 202 g/mol. The van der Waals surface area contributed by atoms with Crippen LogP contribution >= 0.6 is 0 Å². The van der Waals surface area contributed by atoms with Crippen molar-refractivity contribution in [1.29, 1.82) is 0 Å². The number of carbonyl (C=O) groups is 1. The highest BCUT2D eigenvalue weighted by atomic mass is 16.2. The van der Waals surface area contributed by atoms with Crippen molar-refractivity contribution in [2.45, 2.75) is 26.8 Å². The van der Waals surface area contributed by atoms with Gasteiger partial charge in [-0.3, -0.25) is 9.69 Å². The summed E-state index contributed by atoms with van der Waals surface area (Å²) in [6, 6.07) is 0.000463. The maximum atomic E-state index is 12.2. The first kappa shape index (κ1) is 13.5. The molecule has 4 nitrogen and oxygen atoms in total. The van der Waals surface area contributed by atoms with Crippen LogP contribution in [0.1, 0.15) is 20.8 Å². The second-order valence-electron chi connectivity index (χ2n) is 5.08. The third-order valence-corrected chi connectivity index (χ3v) is 3.10. The Labute approximate surface area is 99.0 Å². The Morgan fingerprint density at radius 2 is 1.88 bits per heavy atom. The van der Waals surface area contributed by atoms with Gasteiger partial charge in [0.25, 0.3) is 0 Å². The zero-order valence-corrected chi connectivity index (χ0v) is 11.0. The molecular formula is C12H25N3O. The quantitative estimate of drug-likeness (QED) is 0.755. The third kappa shape index (κ3) is 3.76. The lowest BCUT2D eigenvalue weighted by atomic mass is 10.1. The van der Waals surface area contributed by atoms with E-state index in [0.29, 0.717) is 5.92 Å². The predicted molar refractivity (Wildman–Crippen MR) is 66.4 cm³/mol. The molecule has 0 aromatic rings. The summed E-state index contributed by atoms with van der Waals surface area (Å²) < 4.78 is 0. The van der Waals surface area contributed by atoms with Crippen LogP contribution in [0.2, 0.25) is 0 Å². The number of nitrogens with zero attached hydrogens (tertiary/aromatic N) is 2. The number of amides is 1. The Morgan fingerprint density at radius 1 is 1.31 bits per heavy atom. The number of hydrogen-bond acceptors (Lipinski definition) is 3. The highest BCUT2D eigenvalue weighted by molar-refractivity contribution is 5.81. The fraction of sp³-hybridized carbons (Fsp3) is 0.917. The Kier molecular flexibility index (Phi) is 5.22. The molecule has 1 atom stereocenters. The Hall–Kier alpha value is -0.610. The minimum Gasteiger partial charge on any atom is -0.339 e. The van der Waals surface area contributed by atoms with E-state index in [-0.39, 0.29) is 11.9 Å². The maximum absolute atomic E-state index is 12.2. The van der Waals surface area contributed by atoms with E-state index in [1.807, 2.05) is 18.9 Å². The number of hydrogen-bond donors (Lipinski definition) is 1. The molecule has 1 aliphatic heterocycles. The lowest BCUT2D eigenvalue weighted by Gasteiger charge is -2.33. The zero-order valence-electron chi connectivity index (χ0n) is 11.0. The van der Waals surface area contributed by atoms with Gasteiger partial charge in [0.2, 0.25) is 5.91 Å². The molecule has 1 amide bonds. The zero-order chi connectivity index (χ0) is 12.1. The minimum absolute atomic E-state index is 0.000463. The van der Waals surface area contributed by atoms with Crippen molar-refractivity contribution < 1.29 is 4.79 Å². The second kappa shape index (κ2) is 6.21. The first-order valence-electron chi connectivity index (χ1n) is 6.22. The van der Waals surface area contributed by atoms with E-state index in [9.17, 15) is 4.79 Å². The fourth-order valence-corrected chi connectivity index (χ4v) is 2.07. The van der Waals surface area contributed by atoms with E-state index in [2.05, 4.69) is 24.1 Å². The lowest BCUT2D eigenvalue weighted by molar-refractivity contribution is -0.136. The van der Waals surface area contributed by atoms with E-state index in [1.165, 1.54) is 0 Å². The molecule has 1 N–H and O–H groups in total. The van der Waals surface area contributed by atoms with Gasteiger partial charge in [-0.15, -0.1) is 0 Å². The molecule has 0 bridgehead atoms. The molecule has 0 spiro atoms. The van der Waals surface area contributed by atoms with Crippen molar-refractivity contribution in [3.63, 3.8) is 0 Å². The second-order valence-corrected chi connectivity index (χ2v) is 5.08. The van der Waals surface area contributed by atoms with Crippen LogP contribution in [-0.2, 0) is 4.79 Å². The molecule has 16 heavy (non-hydrogen) atoms. The first-order chi connectivity index (χ1) is 7.52. The van der Waals surface area contributed by atoms with Crippen LogP contribution in [0, 0.1) is 5.92 Å². The fourth-order valence-electron chi connectivity index (χ4n) is 2.07. The summed E-state index contributed by atoms with van der Waals surface area (Å²) in [5.74, 6) is 0.868. The lowest BCUT2D eigenvalue weighted by Crippen LogP contribution is -2.52. The van der Waals surface area contributed by atoms with E-state index in [0.717, 1.165) is 32.7 Å². The van der Waals surface area contributed by atoms with Crippen molar-refractivity contribution >= 4 is 5.91 Å². The molecule has 0 aliphatic carbocycles. The van der Waals surface area contributed by atoms with Crippen molar-refractivity contribution in [3.8, 4) is 0 Å². The van der Waals surface area contributed by atoms with Gasteiger partial charge in [-0.2, -0.15) is 0 Å². The molecule has 1 saturated heterocycles. The van der Waals surface area contributed by atoms with Crippen molar-refractivity contribution in [1.82, 2.24) is 15.1 Å². The highest BCUT2D eigenvalue weighted by Gasteiger charge is 2.24. The molecule has 1 heterocycles. The van der Waals surface area contributed by atoms with E-state index in [4.69, 9.17) is 0 Å². The molecule has 1 unspecified atom stereocenters. The van der Waals surface area contributed by atoms with Crippen LogP contribution in [0.4, 0.5) is 0 Å². The summed E-state index contributed by atoms with van der Waals surface area (Å²) in [7, 11) is 2.03. The number of likely N-dealkylation sites (N-methyl/N-ethyl adjacent to an activating group) is 1. The van der Waals surface area contributed by atoms with Crippen LogP contribution in [0.5, 0.6) is 0 Å². The smallest absolute Gasteiger partial charge is 0.239 e. The average Bonchev–Trinajstić information content (AvgIpc) is 2.27. The summed E-state index contributed by atoms with van der Waals surface area (Å²) in [5, 5.41) is 3.26. The van der Waals surface area contributed by atoms with E-state index < -0.39 is 0 Å². The van der Waals surface area contributed by atoms with E-state index in [1.54, 1.807) is 0 Å². The number of carbonyl (C=O) groups excluding carboxylic acids is 1. The van der Waals surface area contributed by atoms with Gasteiger partial charge in [-0.05, 0) is 19.9 Å². The Bertz CT molecular complexity index is 224. The summed E-state index contributed by atoms with van der Waals surface area (Å²) in [5.41, 5.74) is 0. The summed E-state index contributed by atoms with van der Waals surface area (Å²) >= 11 is 0. The first-order valence-corrected chi connectivity index (χ1v) is 6.22. The van der Waals surface area contributed by atoms with Gasteiger partial charge in [-0.25, -0.2) is 0 Å². The van der Waals surface area contributed by atoms with Gasteiger partial charge >= 0.3 is 0 Å². The molecule has 1 aliphatic rings. The van der Waals surface area contributed by atoms with Gasteiger partial charge in [0.05, 0.1) is 6.04 Å². The van der Waals surface area contributed by atoms with Crippen molar-refractivity contribution in [2.24, 2.45) is 5.92 Å². The summed E-state index contributed by atoms with van der Waals surface area (Å²) in [4.78, 5) is 16.3. The van der Waals surface area contributed by atoms with Crippen molar-refractivity contribution in [3.05, 3.63) is 0 Å². The maximum Gasteiger partial charge on any atom is 0.239 e. The van der Waals surface area contributed by atoms with Gasteiger partial charge in [0.15, 0.2) is 0 Å². The molecule has 0 saturated carbocycles. The number of rotatable bonds is 4. The van der Waals surface area contributed by atoms with Crippen molar-refractivity contribution in [2.75, 3.05) is 39.8 Å². The van der Waals surface area contributed by atoms with Crippen LogP contribution in [0.25, 0.3) is 0 Å². The van der Waals surface area contributed by atoms with Crippen LogP contribution < -0.4 is 5.32 Å². The van der Waals surface area contributed by atoms with E-state index >= 15 is 0 Å². The normalized spacial score (nSPS) is 19.2.